The fraction of sp³-hybridized carbons (Fsp3) is 0.417. The maximum absolute atomic E-state index is 12.7. The monoisotopic (exact) mass is 464 g/mol. The highest BCUT2D eigenvalue weighted by molar-refractivity contribution is 5.92. The van der Waals surface area contributed by atoms with Gasteiger partial charge in [0.1, 0.15) is 11.4 Å². The number of nitrogens with zero attached hydrogens (tertiary/aromatic N) is 4. The fourth-order valence-corrected chi connectivity index (χ4v) is 4.84. The van der Waals surface area contributed by atoms with Crippen LogP contribution in [0.15, 0.2) is 40.1 Å². The molecule has 178 valence electrons. The Morgan fingerprint density at radius 1 is 1.26 bits per heavy atom. The zero-order valence-electron chi connectivity index (χ0n) is 19.3. The third-order valence-electron chi connectivity index (χ3n) is 6.74. The molecule has 34 heavy (non-hydrogen) atoms. The van der Waals surface area contributed by atoms with Crippen LogP contribution in [0.3, 0.4) is 0 Å². The number of fused-ring (bicyclic) bond motifs is 3. The zero-order valence-corrected chi connectivity index (χ0v) is 19.3. The van der Waals surface area contributed by atoms with Crippen molar-refractivity contribution in [3.05, 3.63) is 62.6 Å². The van der Waals surface area contributed by atoms with Crippen LogP contribution < -0.4 is 26.2 Å². The van der Waals surface area contributed by atoms with Crippen molar-refractivity contribution in [1.29, 1.82) is 0 Å². The second-order valence-electron chi connectivity index (χ2n) is 8.67. The number of ether oxygens (including phenoxy) is 1. The van der Waals surface area contributed by atoms with Gasteiger partial charge in [0.25, 0.3) is 11.5 Å². The number of pyridine rings is 1. The van der Waals surface area contributed by atoms with E-state index in [1.807, 2.05) is 12.1 Å². The molecule has 0 unspecified atom stereocenters. The quantitative estimate of drug-likeness (QED) is 0.593. The number of rotatable bonds is 3. The summed E-state index contributed by atoms with van der Waals surface area (Å²) in [7, 11) is 1.59. The van der Waals surface area contributed by atoms with Crippen molar-refractivity contribution in [1.82, 2.24) is 24.8 Å². The second kappa shape index (κ2) is 8.94. The summed E-state index contributed by atoms with van der Waals surface area (Å²) in [5.41, 5.74) is 2.21. The van der Waals surface area contributed by atoms with Gasteiger partial charge in [0.05, 0.1) is 29.4 Å². The Bertz CT molecular complexity index is 1350. The summed E-state index contributed by atoms with van der Waals surface area (Å²) in [6, 6.07) is 7.61. The smallest absolute Gasteiger partial charge is 0.328 e. The molecule has 1 fully saturated rings. The summed E-state index contributed by atoms with van der Waals surface area (Å²) in [6.07, 6.45) is 2.60. The van der Waals surface area contributed by atoms with Crippen LogP contribution in [-0.2, 0) is 13.1 Å². The van der Waals surface area contributed by atoms with Crippen LogP contribution in [-0.4, -0.2) is 64.7 Å². The first-order chi connectivity index (χ1) is 16.5. The van der Waals surface area contributed by atoms with Crippen molar-refractivity contribution in [2.75, 3.05) is 38.2 Å². The molecule has 1 saturated heterocycles. The van der Waals surface area contributed by atoms with Gasteiger partial charge in [-0.15, -0.1) is 0 Å². The first-order valence-corrected chi connectivity index (χ1v) is 11.6. The van der Waals surface area contributed by atoms with Crippen molar-refractivity contribution in [2.45, 2.75) is 32.5 Å². The highest BCUT2D eigenvalue weighted by atomic mass is 16.5. The normalized spacial score (nSPS) is 18.4. The van der Waals surface area contributed by atoms with Gasteiger partial charge < -0.3 is 19.9 Å². The summed E-state index contributed by atoms with van der Waals surface area (Å²) < 4.78 is 7.29. The summed E-state index contributed by atoms with van der Waals surface area (Å²) >= 11 is 0. The van der Waals surface area contributed by atoms with Gasteiger partial charge >= 0.3 is 5.69 Å². The average molecular weight is 465 g/mol. The Labute approximate surface area is 196 Å². The lowest BCUT2D eigenvalue weighted by Gasteiger charge is -2.43. The maximum atomic E-state index is 12.7. The first-order valence-electron chi connectivity index (χ1n) is 11.6. The molecule has 5 rings (SSSR count). The number of hydrogen-bond donors (Lipinski definition) is 2. The Kier molecular flexibility index (Phi) is 5.82. The highest BCUT2D eigenvalue weighted by Crippen LogP contribution is 2.30. The molecular formula is C24H28N6O4. The number of benzene rings is 1. The fourth-order valence-electron chi connectivity index (χ4n) is 4.84. The summed E-state index contributed by atoms with van der Waals surface area (Å²) in [6.45, 7) is 5.82. The molecule has 2 aliphatic heterocycles. The summed E-state index contributed by atoms with van der Waals surface area (Å²) in [5.74, 6) is 0.504. The molecule has 2 aromatic heterocycles. The van der Waals surface area contributed by atoms with Crippen LogP contribution in [0.25, 0.3) is 10.9 Å². The largest absolute Gasteiger partial charge is 0.493 e. The molecule has 0 bridgehead atoms. The van der Waals surface area contributed by atoms with Crippen molar-refractivity contribution in [3.63, 3.8) is 0 Å². The van der Waals surface area contributed by atoms with Gasteiger partial charge in [-0.3, -0.25) is 19.1 Å². The predicted octanol–water partition coefficient (Wildman–Crippen LogP) is 0.938. The van der Waals surface area contributed by atoms with Crippen molar-refractivity contribution in [3.8, 4) is 5.75 Å². The minimum absolute atomic E-state index is 0.199. The molecule has 0 aliphatic carbocycles. The molecule has 2 N–H and O–H groups in total. The van der Waals surface area contributed by atoms with Gasteiger partial charge in [0, 0.05) is 51.4 Å². The van der Waals surface area contributed by atoms with Crippen LogP contribution in [0.4, 0.5) is 5.69 Å². The maximum Gasteiger partial charge on any atom is 0.328 e. The Morgan fingerprint density at radius 2 is 2.12 bits per heavy atom. The average Bonchev–Trinajstić information content (AvgIpc) is 2.84. The number of H-pyrrole nitrogens is 1. The third-order valence-corrected chi connectivity index (χ3v) is 6.74. The van der Waals surface area contributed by atoms with E-state index < -0.39 is 5.69 Å². The van der Waals surface area contributed by atoms with E-state index in [1.165, 1.54) is 4.57 Å². The van der Waals surface area contributed by atoms with Gasteiger partial charge in [0.2, 0.25) is 0 Å². The van der Waals surface area contributed by atoms with Gasteiger partial charge in [-0.2, -0.15) is 0 Å². The number of hydrogen-bond acceptors (Lipinski definition) is 7. The number of carbonyl (C=O) groups excluding carboxylic acids is 1. The Morgan fingerprint density at radius 3 is 2.85 bits per heavy atom. The van der Waals surface area contributed by atoms with Crippen molar-refractivity contribution < 1.29 is 9.53 Å². The number of anilines is 1. The molecule has 0 radical (unpaired) electrons. The van der Waals surface area contributed by atoms with Crippen molar-refractivity contribution >= 4 is 22.5 Å². The van der Waals surface area contributed by atoms with E-state index in [1.54, 1.807) is 32.3 Å². The summed E-state index contributed by atoms with van der Waals surface area (Å²) in [5, 5.41) is 3.06. The summed E-state index contributed by atoms with van der Waals surface area (Å²) in [4.78, 5) is 48.6. The lowest BCUT2D eigenvalue weighted by Crippen LogP contribution is -2.53. The van der Waals surface area contributed by atoms with Crippen LogP contribution in [0, 0.1) is 0 Å². The molecule has 3 aromatic rings. The number of amides is 1. The van der Waals surface area contributed by atoms with Gasteiger partial charge in [-0.05, 0) is 37.6 Å². The van der Waals surface area contributed by atoms with E-state index in [9.17, 15) is 14.4 Å². The van der Waals surface area contributed by atoms with E-state index in [-0.39, 0.29) is 17.5 Å². The molecule has 1 aromatic carbocycles. The number of aromatic amines is 1. The van der Waals surface area contributed by atoms with Crippen LogP contribution in [0.2, 0.25) is 0 Å². The minimum atomic E-state index is -0.394. The zero-order chi connectivity index (χ0) is 23.8. The molecule has 10 heteroatoms. The minimum Gasteiger partial charge on any atom is -0.493 e. The molecule has 2 aliphatic rings. The molecule has 4 heterocycles. The van der Waals surface area contributed by atoms with Crippen LogP contribution in [0.1, 0.15) is 29.4 Å². The van der Waals surface area contributed by atoms with E-state index in [0.717, 1.165) is 37.3 Å². The third kappa shape index (κ3) is 3.94. The van der Waals surface area contributed by atoms with Crippen LogP contribution >= 0.6 is 0 Å². The standard InChI is InChI=1S/C24H28N6O4/c1-3-30-23(32)18-11-21-15(10-20(18)27-24(30)33)13-28-7-8-29(14-17(28)6-9-34-21)16-4-5-19(26-12-16)22(31)25-2/h4-5,10-12,17H,3,6-9,13-14H2,1-2H3,(H,25,31)(H,27,33)/t17-/m0/s1. The topological polar surface area (TPSA) is 113 Å². The molecule has 0 spiro atoms. The van der Waals surface area contributed by atoms with Gasteiger partial charge in [-0.25, -0.2) is 9.78 Å². The lowest BCUT2D eigenvalue weighted by atomic mass is 10.0. The van der Waals surface area contributed by atoms with E-state index in [4.69, 9.17) is 4.74 Å². The Hall–Kier alpha value is -3.66. The molecule has 1 amide bonds. The SMILES string of the molecule is CCn1c(=O)[nH]c2cc3c(cc2c1=O)OCC[C@H]1CN(c2ccc(C(=O)NC)nc2)CCN1C3. The number of piperazine rings is 1. The molecule has 0 saturated carbocycles. The van der Waals surface area contributed by atoms with Crippen molar-refractivity contribution in [2.24, 2.45) is 0 Å². The number of nitrogens with one attached hydrogen (secondary N) is 2. The highest BCUT2D eigenvalue weighted by Gasteiger charge is 2.30. The lowest BCUT2D eigenvalue weighted by molar-refractivity contribution is 0.0958. The van der Waals surface area contributed by atoms with E-state index in [0.29, 0.717) is 42.0 Å². The molecule has 1 atom stereocenters. The van der Waals surface area contributed by atoms with E-state index >= 15 is 0 Å². The van der Waals surface area contributed by atoms with Gasteiger partial charge in [-0.1, -0.05) is 0 Å². The second-order valence-corrected chi connectivity index (χ2v) is 8.67. The molecule has 10 nitrogen and oxygen atoms in total. The van der Waals surface area contributed by atoms with Gasteiger partial charge in [0.15, 0.2) is 0 Å². The first kappa shape index (κ1) is 22.1. The Balaban J connectivity index is 1.38. The number of aromatic nitrogens is 3. The van der Waals surface area contributed by atoms with E-state index in [2.05, 4.69) is 25.1 Å². The van der Waals surface area contributed by atoms with Crippen LogP contribution in [0.5, 0.6) is 5.75 Å². The predicted molar refractivity (Wildman–Crippen MR) is 129 cm³/mol. The molecular weight excluding hydrogens is 436 g/mol. The number of carbonyl (C=O) groups is 1.